The molecular formula is C85H166O17P2. The third-order valence-electron chi connectivity index (χ3n) is 20.0. The predicted octanol–water partition coefficient (Wildman–Crippen LogP) is 25.8. The van der Waals surface area contributed by atoms with E-state index < -0.39 is 97.5 Å². The quantitative estimate of drug-likeness (QED) is 0.0222. The van der Waals surface area contributed by atoms with Gasteiger partial charge >= 0.3 is 39.5 Å². The number of carbonyl (C=O) groups is 4. The van der Waals surface area contributed by atoms with Crippen LogP contribution in [-0.2, 0) is 65.4 Å². The fourth-order valence-electron chi connectivity index (χ4n) is 13.2. The van der Waals surface area contributed by atoms with Crippen molar-refractivity contribution < 1.29 is 80.2 Å². The van der Waals surface area contributed by atoms with Crippen molar-refractivity contribution in [3.63, 3.8) is 0 Å². The normalized spacial score (nSPS) is 13.8. The summed E-state index contributed by atoms with van der Waals surface area (Å²) in [5.74, 6) is -0.536. The summed E-state index contributed by atoms with van der Waals surface area (Å²) in [5.41, 5.74) is 0. The Bertz CT molecular complexity index is 1990. The van der Waals surface area contributed by atoms with Gasteiger partial charge in [-0.05, 0) is 37.5 Å². The average molecular weight is 1520 g/mol. The zero-order valence-electron chi connectivity index (χ0n) is 68.3. The molecule has 0 aromatic carbocycles. The predicted molar refractivity (Wildman–Crippen MR) is 428 cm³/mol. The number of hydrogen-bond acceptors (Lipinski definition) is 15. The molecule has 0 fully saturated rings. The highest BCUT2D eigenvalue weighted by molar-refractivity contribution is 7.47. The Balaban J connectivity index is 5.26. The van der Waals surface area contributed by atoms with Crippen LogP contribution in [0.25, 0.3) is 0 Å². The highest BCUT2D eigenvalue weighted by Gasteiger charge is 2.30. The zero-order chi connectivity index (χ0) is 76.4. The Hall–Kier alpha value is -1.94. The van der Waals surface area contributed by atoms with E-state index in [0.717, 1.165) is 102 Å². The molecular weight excluding hydrogens is 1350 g/mol. The molecule has 0 aliphatic rings. The number of unbranched alkanes of at least 4 members (excludes halogenated alkanes) is 54. The first kappa shape index (κ1) is 102. The molecule has 5 atom stereocenters. The first-order valence-electron chi connectivity index (χ1n) is 44.0. The van der Waals surface area contributed by atoms with Crippen LogP contribution in [0.5, 0.6) is 0 Å². The summed E-state index contributed by atoms with van der Waals surface area (Å²) in [4.78, 5) is 73.2. The van der Waals surface area contributed by atoms with E-state index in [4.69, 9.17) is 37.0 Å². The SMILES string of the molecule is CCCCCCCCCCCCCCCCCCCCCC(=O)O[C@H](COC(=O)CCCCCCCCCCCCCCCCCC(C)C)COP(=O)(O)OC[C@@H](O)COP(=O)(O)OC[C@@H](COC(=O)CCCCCCCCCCCCC(C)C)OC(=O)CCCCCCCCCCCCCCCC. The number of aliphatic hydroxyl groups is 1. The standard InChI is InChI=1S/C85H166O17P2/c1-7-9-11-13-15-17-19-21-23-24-25-26-29-34-38-46-52-58-64-70-85(90)101-80(73-95-82(87)67-61-55-49-43-36-33-30-27-28-31-35-41-47-53-59-65-77(3)4)75-99-103(91,92)97-71-79(86)72-98-104(93,94)100-76-81(74-96-83(88)68-62-56-50-44-40-39-42-48-54-60-66-78(5)6)102-84(89)69-63-57-51-45-37-32-22-20-18-16-14-12-10-8-2/h77-81,86H,7-76H2,1-6H3,(H,91,92)(H,93,94)/t79-,80-,81-/m1/s1. The van der Waals surface area contributed by atoms with E-state index in [1.807, 2.05) is 0 Å². The number of rotatable bonds is 84. The van der Waals surface area contributed by atoms with Crippen molar-refractivity contribution in [2.24, 2.45) is 11.8 Å². The summed E-state index contributed by atoms with van der Waals surface area (Å²) in [7, 11) is -9.93. The van der Waals surface area contributed by atoms with Gasteiger partial charge in [0.05, 0.1) is 26.4 Å². The maximum Gasteiger partial charge on any atom is 0.472 e. The zero-order valence-corrected chi connectivity index (χ0v) is 70.1. The number of aliphatic hydroxyl groups excluding tert-OH is 1. The molecule has 0 aliphatic carbocycles. The highest BCUT2D eigenvalue weighted by Crippen LogP contribution is 2.45. The lowest BCUT2D eigenvalue weighted by Gasteiger charge is -2.21. The van der Waals surface area contributed by atoms with Crippen molar-refractivity contribution in [3.05, 3.63) is 0 Å². The summed E-state index contributed by atoms with van der Waals surface area (Å²) in [6, 6.07) is 0. The van der Waals surface area contributed by atoms with Gasteiger partial charge in [0.25, 0.3) is 0 Å². The molecule has 2 unspecified atom stereocenters. The van der Waals surface area contributed by atoms with Gasteiger partial charge in [0, 0.05) is 25.7 Å². The molecule has 0 amide bonds. The van der Waals surface area contributed by atoms with Crippen molar-refractivity contribution in [3.8, 4) is 0 Å². The lowest BCUT2D eigenvalue weighted by atomic mass is 10.0. The van der Waals surface area contributed by atoms with E-state index in [-0.39, 0.29) is 25.7 Å². The van der Waals surface area contributed by atoms with Crippen LogP contribution in [0.3, 0.4) is 0 Å². The summed E-state index contributed by atoms with van der Waals surface area (Å²) >= 11 is 0. The third-order valence-corrected chi connectivity index (χ3v) is 21.9. The van der Waals surface area contributed by atoms with Crippen molar-refractivity contribution >= 4 is 39.5 Å². The minimum atomic E-state index is -4.97. The third kappa shape index (κ3) is 78.2. The molecule has 17 nitrogen and oxygen atoms in total. The Morgan fingerprint density at radius 1 is 0.260 bits per heavy atom. The molecule has 0 aromatic rings. The molecule has 618 valence electrons. The first-order valence-corrected chi connectivity index (χ1v) is 47.0. The van der Waals surface area contributed by atoms with Crippen LogP contribution >= 0.6 is 15.6 Å². The van der Waals surface area contributed by atoms with Gasteiger partial charge < -0.3 is 33.8 Å². The Labute approximate surface area is 638 Å². The maximum absolute atomic E-state index is 13.1. The number of esters is 4. The van der Waals surface area contributed by atoms with Crippen LogP contribution in [0.15, 0.2) is 0 Å². The lowest BCUT2D eigenvalue weighted by Crippen LogP contribution is -2.30. The molecule has 0 radical (unpaired) electrons. The summed E-state index contributed by atoms with van der Waals surface area (Å²) < 4.78 is 68.9. The van der Waals surface area contributed by atoms with Crippen LogP contribution in [0.2, 0.25) is 0 Å². The van der Waals surface area contributed by atoms with E-state index in [1.54, 1.807) is 0 Å². The minimum absolute atomic E-state index is 0.108. The first-order chi connectivity index (χ1) is 50.4. The Morgan fingerprint density at radius 2 is 0.442 bits per heavy atom. The second-order valence-corrected chi connectivity index (χ2v) is 34.4. The van der Waals surface area contributed by atoms with Crippen molar-refractivity contribution in [2.45, 2.75) is 471 Å². The largest absolute Gasteiger partial charge is 0.472 e. The van der Waals surface area contributed by atoms with Crippen LogP contribution in [0.1, 0.15) is 452 Å². The lowest BCUT2D eigenvalue weighted by molar-refractivity contribution is -0.161. The molecule has 0 aliphatic heterocycles. The maximum atomic E-state index is 13.1. The highest BCUT2D eigenvalue weighted by atomic mass is 31.2. The van der Waals surface area contributed by atoms with Gasteiger partial charge in [-0.25, -0.2) is 9.13 Å². The van der Waals surface area contributed by atoms with E-state index in [1.165, 1.54) is 270 Å². The summed E-state index contributed by atoms with van der Waals surface area (Å²) in [6.07, 6.45) is 67.9. The van der Waals surface area contributed by atoms with Gasteiger partial charge in [-0.15, -0.1) is 0 Å². The van der Waals surface area contributed by atoms with E-state index >= 15 is 0 Å². The van der Waals surface area contributed by atoms with Gasteiger partial charge in [0.1, 0.15) is 19.3 Å². The van der Waals surface area contributed by atoms with Gasteiger partial charge in [-0.1, -0.05) is 401 Å². The molecule has 0 aromatic heterocycles. The second kappa shape index (κ2) is 76.4. The molecule has 3 N–H and O–H groups in total. The number of phosphoric acid groups is 2. The number of carbonyl (C=O) groups excluding carboxylic acids is 4. The second-order valence-electron chi connectivity index (χ2n) is 31.5. The fourth-order valence-corrected chi connectivity index (χ4v) is 14.8. The van der Waals surface area contributed by atoms with Crippen LogP contribution in [0, 0.1) is 11.8 Å². The molecule has 0 rings (SSSR count). The van der Waals surface area contributed by atoms with Gasteiger partial charge in [0.15, 0.2) is 12.2 Å². The molecule has 0 bridgehead atoms. The van der Waals surface area contributed by atoms with E-state index in [2.05, 4.69) is 41.5 Å². The molecule has 0 saturated carbocycles. The van der Waals surface area contributed by atoms with Gasteiger partial charge in [-0.2, -0.15) is 0 Å². The topological polar surface area (TPSA) is 237 Å². The monoisotopic (exact) mass is 1520 g/mol. The van der Waals surface area contributed by atoms with Crippen LogP contribution < -0.4 is 0 Å². The van der Waals surface area contributed by atoms with Crippen LogP contribution in [0.4, 0.5) is 0 Å². The average Bonchev–Trinajstić information content (AvgIpc) is 0.910. The number of hydrogen-bond donors (Lipinski definition) is 3. The summed E-state index contributed by atoms with van der Waals surface area (Å²) in [5, 5.41) is 10.7. The van der Waals surface area contributed by atoms with E-state index in [9.17, 15) is 43.2 Å². The van der Waals surface area contributed by atoms with Crippen LogP contribution in [-0.4, -0.2) is 96.7 Å². The molecule has 104 heavy (non-hydrogen) atoms. The number of phosphoric ester groups is 2. The van der Waals surface area contributed by atoms with Crippen molar-refractivity contribution in [1.82, 2.24) is 0 Å². The molecule has 19 heteroatoms. The van der Waals surface area contributed by atoms with E-state index in [0.29, 0.717) is 25.7 Å². The number of ether oxygens (including phenoxy) is 4. The Morgan fingerprint density at radius 3 is 0.654 bits per heavy atom. The summed E-state index contributed by atoms with van der Waals surface area (Å²) in [6.45, 7) is 9.69. The molecule has 0 saturated heterocycles. The fraction of sp³-hybridized carbons (Fsp3) is 0.953. The van der Waals surface area contributed by atoms with Crippen molar-refractivity contribution in [1.29, 1.82) is 0 Å². The molecule has 0 heterocycles. The van der Waals surface area contributed by atoms with Gasteiger partial charge in [0.2, 0.25) is 0 Å². The minimum Gasteiger partial charge on any atom is -0.462 e. The molecule has 0 spiro atoms. The van der Waals surface area contributed by atoms with Crippen molar-refractivity contribution in [2.75, 3.05) is 39.6 Å². The smallest absolute Gasteiger partial charge is 0.462 e. The Kier molecular flexibility index (Phi) is 75.0. The van der Waals surface area contributed by atoms with Gasteiger partial charge in [-0.3, -0.25) is 37.3 Å².